The van der Waals surface area contributed by atoms with E-state index < -0.39 is 8.25 Å². The number of rotatable bonds is 3. The second-order valence-electron chi connectivity index (χ2n) is 0.744. The fourth-order valence-electron chi connectivity index (χ4n) is 0.105. The first kappa shape index (κ1) is 6.82. The molecule has 0 aromatic heterocycles. The molecule has 0 aliphatic heterocycles. The molecule has 0 bridgehead atoms. The van der Waals surface area contributed by atoms with Crippen molar-refractivity contribution in [3.8, 4) is 0 Å². The molecular weight excluding hydrogens is 119 g/mol. The van der Waals surface area contributed by atoms with E-state index in [2.05, 4.69) is 4.52 Å². The summed E-state index contributed by atoms with van der Waals surface area (Å²) in [5.74, 6) is 0. The van der Waals surface area contributed by atoms with Gasteiger partial charge in [0.25, 0.3) is 0 Å². The molecule has 0 rings (SSSR count). The van der Waals surface area contributed by atoms with Gasteiger partial charge in [-0.3, -0.25) is 4.57 Å². The largest absolute Gasteiger partial charge is 0.326 e. The highest BCUT2D eigenvalue weighted by Crippen LogP contribution is 2.11. The molecule has 0 aromatic carbocycles. The van der Waals surface area contributed by atoms with Crippen LogP contribution in [0.5, 0.6) is 0 Å². The molecular formula is C2H5O4P. The standard InChI is InChI=1S/C2H5O4P/c3-1-2-6-7(4)5/h1,7H,2H2,(H,4,5). The van der Waals surface area contributed by atoms with Crippen LogP contribution in [0.25, 0.3) is 0 Å². The van der Waals surface area contributed by atoms with Crippen molar-refractivity contribution in [2.75, 3.05) is 6.61 Å². The van der Waals surface area contributed by atoms with Gasteiger partial charge in [0.15, 0.2) is 0 Å². The Morgan fingerprint density at radius 3 is 2.57 bits per heavy atom. The van der Waals surface area contributed by atoms with E-state index in [0.29, 0.717) is 6.29 Å². The molecule has 1 N–H and O–H groups in total. The zero-order chi connectivity index (χ0) is 5.70. The van der Waals surface area contributed by atoms with Crippen LogP contribution in [-0.2, 0) is 13.9 Å². The Morgan fingerprint density at radius 1 is 1.86 bits per heavy atom. The van der Waals surface area contributed by atoms with Crippen molar-refractivity contribution in [1.82, 2.24) is 0 Å². The Bertz CT molecular complexity index is 79.8. The lowest BCUT2D eigenvalue weighted by Crippen LogP contribution is -1.83. The fraction of sp³-hybridized carbons (Fsp3) is 0.500. The summed E-state index contributed by atoms with van der Waals surface area (Å²) in [4.78, 5) is 17.2. The number of hydrogen-bond donors (Lipinski definition) is 1. The molecule has 7 heavy (non-hydrogen) atoms. The first-order valence-electron chi connectivity index (χ1n) is 1.56. The molecule has 0 heterocycles. The third kappa shape index (κ3) is 5.82. The highest BCUT2D eigenvalue weighted by atomic mass is 31.1. The maximum Gasteiger partial charge on any atom is 0.316 e. The monoisotopic (exact) mass is 124 g/mol. The Kier molecular flexibility index (Phi) is 3.89. The van der Waals surface area contributed by atoms with Gasteiger partial charge in [-0.15, -0.1) is 0 Å². The SMILES string of the molecule is O=CCO[PH](=O)O. The minimum atomic E-state index is -2.88. The van der Waals surface area contributed by atoms with E-state index in [9.17, 15) is 9.36 Å². The van der Waals surface area contributed by atoms with Crippen molar-refractivity contribution in [2.45, 2.75) is 0 Å². The van der Waals surface area contributed by atoms with Gasteiger partial charge >= 0.3 is 8.25 Å². The van der Waals surface area contributed by atoms with Crippen LogP contribution in [-0.4, -0.2) is 17.8 Å². The quantitative estimate of drug-likeness (QED) is 0.410. The predicted octanol–water partition coefficient (Wildman–Crippen LogP) is -0.416. The van der Waals surface area contributed by atoms with E-state index in [4.69, 9.17) is 4.89 Å². The molecule has 0 aromatic rings. The van der Waals surface area contributed by atoms with Crippen LogP contribution in [0.15, 0.2) is 0 Å². The molecule has 0 saturated carbocycles. The molecule has 0 radical (unpaired) electrons. The molecule has 1 atom stereocenters. The van der Waals surface area contributed by atoms with E-state index in [1.165, 1.54) is 0 Å². The van der Waals surface area contributed by atoms with Gasteiger partial charge in [-0.1, -0.05) is 0 Å². The Balaban J connectivity index is 2.97. The van der Waals surface area contributed by atoms with Gasteiger partial charge in [-0.05, 0) is 0 Å². The molecule has 0 saturated heterocycles. The average molecular weight is 124 g/mol. The van der Waals surface area contributed by atoms with Crippen LogP contribution in [0.3, 0.4) is 0 Å². The van der Waals surface area contributed by atoms with Gasteiger partial charge in [0.2, 0.25) is 0 Å². The number of carbonyl (C=O) groups excluding carboxylic acids is 1. The van der Waals surface area contributed by atoms with Crippen molar-refractivity contribution in [3.05, 3.63) is 0 Å². The molecule has 0 fully saturated rings. The van der Waals surface area contributed by atoms with Crippen molar-refractivity contribution >= 4 is 14.5 Å². The maximum atomic E-state index is 9.56. The van der Waals surface area contributed by atoms with E-state index in [-0.39, 0.29) is 6.61 Å². The van der Waals surface area contributed by atoms with E-state index in [1.807, 2.05) is 0 Å². The lowest BCUT2D eigenvalue weighted by atomic mass is 10.9. The zero-order valence-corrected chi connectivity index (χ0v) is 4.46. The predicted molar refractivity (Wildman–Crippen MR) is 23.2 cm³/mol. The van der Waals surface area contributed by atoms with Gasteiger partial charge in [0, 0.05) is 0 Å². The van der Waals surface area contributed by atoms with E-state index in [1.54, 1.807) is 0 Å². The summed E-state index contributed by atoms with van der Waals surface area (Å²) in [5.41, 5.74) is 0. The molecule has 0 amide bonds. The normalized spacial score (nSPS) is 13.3. The second kappa shape index (κ2) is 3.99. The lowest BCUT2D eigenvalue weighted by molar-refractivity contribution is -0.109. The van der Waals surface area contributed by atoms with Crippen LogP contribution in [0, 0.1) is 0 Å². The Labute approximate surface area is 41.1 Å². The van der Waals surface area contributed by atoms with Crippen LogP contribution in [0.4, 0.5) is 0 Å². The molecule has 1 unspecified atom stereocenters. The maximum absolute atomic E-state index is 9.56. The zero-order valence-electron chi connectivity index (χ0n) is 3.46. The summed E-state index contributed by atoms with van der Waals surface area (Å²) in [6.07, 6.45) is 0.415. The first-order chi connectivity index (χ1) is 3.27. The third-order valence-electron chi connectivity index (χ3n) is 0.275. The first-order valence-corrected chi connectivity index (χ1v) is 2.83. The summed E-state index contributed by atoms with van der Waals surface area (Å²) in [5, 5.41) is 0. The minimum absolute atomic E-state index is 0.297. The summed E-state index contributed by atoms with van der Waals surface area (Å²) in [6, 6.07) is 0. The number of carbonyl (C=O) groups is 1. The average Bonchev–Trinajstić information content (AvgIpc) is 1.61. The van der Waals surface area contributed by atoms with Crippen LogP contribution >= 0.6 is 8.25 Å². The van der Waals surface area contributed by atoms with E-state index >= 15 is 0 Å². The molecule has 42 valence electrons. The summed E-state index contributed by atoms with van der Waals surface area (Å²) in [7, 11) is -2.88. The summed E-state index contributed by atoms with van der Waals surface area (Å²) >= 11 is 0. The van der Waals surface area contributed by atoms with Gasteiger partial charge in [-0.2, -0.15) is 0 Å². The van der Waals surface area contributed by atoms with Crippen LogP contribution in [0.2, 0.25) is 0 Å². The molecule has 0 aliphatic carbocycles. The molecule has 0 aliphatic rings. The van der Waals surface area contributed by atoms with Crippen molar-refractivity contribution in [3.63, 3.8) is 0 Å². The van der Waals surface area contributed by atoms with Gasteiger partial charge in [-0.25, -0.2) is 0 Å². The summed E-state index contributed by atoms with van der Waals surface area (Å²) < 4.78 is 13.5. The van der Waals surface area contributed by atoms with Crippen LogP contribution < -0.4 is 0 Å². The Hall–Kier alpha value is -0.180. The third-order valence-corrected chi connectivity index (χ3v) is 0.688. The van der Waals surface area contributed by atoms with Crippen molar-refractivity contribution < 1.29 is 18.8 Å². The highest BCUT2D eigenvalue weighted by molar-refractivity contribution is 7.32. The minimum Gasteiger partial charge on any atom is -0.326 e. The summed E-state index contributed by atoms with van der Waals surface area (Å²) in [6.45, 7) is -0.297. The van der Waals surface area contributed by atoms with Gasteiger partial charge < -0.3 is 14.2 Å². The van der Waals surface area contributed by atoms with Crippen molar-refractivity contribution in [2.24, 2.45) is 0 Å². The van der Waals surface area contributed by atoms with Crippen molar-refractivity contribution in [1.29, 1.82) is 0 Å². The van der Waals surface area contributed by atoms with Gasteiger partial charge in [0.05, 0.1) is 0 Å². The lowest BCUT2D eigenvalue weighted by Gasteiger charge is -1.86. The van der Waals surface area contributed by atoms with E-state index in [0.717, 1.165) is 0 Å². The molecule has 4 nitrogen and oxygen atoms in total. The topological polar surface area (TPSA) is 63.6 Å². The highest BCUT2D eigenvalue weighted by Gasteiger charge is 1.85. The number of hydrogen-bond acceptors (Lipinski definition) is 3. The molecule has 0 spiro atoms. The van der Waals surface area contributed by atoms with Crippen LogP contribution in [0.1, 0.15) is 0 Å². The second-order valence-corrected chi connectivity index (χ2v) is 1.56. The number of aldehydes is 1. The van der Waals surface area contributed by atoms with Gasteiger partial charge in [0.1, 0.15) is 12.9 Å². The Morgan fingerprint density at radius 2 is 2.43 bits per heavy atom. The smallest absolute Gasteiger partial charge is 0.316 e. The molecule has 5 heteroatoms. The fourth-order valence-corrected chi connectivity index (χ4v) is 0.316.